The fourth-order valence-electron chi connectivity index (χ4n) is 2.62. The van der Waals surface area contributed by atoms with Gasteiger partial charge in [-0.05, 0) is 29.7 Å². The summed E-state index contributed by atoms with van der Waals surface area (Å²) < 4.78 is 0. The molecule has 0 aliphatic heterocycles. The Morgan fingerprint density at radius 1 is 1.11 bits per heavy atom. The van der Waals surface area contributed by atoms with Crippen molar-refractivity contribution in [1.29, 1.82) is 0 Å². The van der Waals surface area contributed by atoms with Crippen LogP contribution in [0, 0.1) is 0 Å². The van der Waals surface area contributed by atoms with E-state index in [9.17, 15) is 0 Å². The molecule has 1 N–H and O–H groups in total. The van der Waals surface area contributed by atoms with E-state index >= 15 is 0 Å². The minimum Gasteiger partial charge on any atom is -0.346 e. The van der Waals surface area contributed by atoms with E-state index in [0.29, 0.717) is 0 Å². The third-order valence-corrected chi connectivity index (χ3v) is 4.16. The number of pyridine rings is 1. The average Bonchev–Trinajstić information content (AvgIpc) is 2.94. The van der Waals surface area contributed by atoms with E-state index in [2.05, 4.69) is 66.3 Å². The van der Waals surface area contributed by atoms with Gasteiger partial charge in [-0.1, -0.05) is 44.2 Å². The topological polar surface area (TPSA) is 28.7 Å². The first kappa shape index (κ1) is 12.0. The van der Waals surface area contributed by atoms with Crippen molar-refractivity contribution in [3.63, 3.8) is 0 Å². The molecule has 3 aromatic rings. The van der Waals surface area contributed by atoms with Gasteiger partial charge < -0.3 is 4.98 Å². The highest BCUT2D eigenvalue weighted by molar-refractivity contribution is 5.76. The number of aromatic amines is 1. The molecule has 0 bridgehead atoms. The van der Waals surface area contributed by atoms with Gasteiger partial charge in [0, 0.05) is 23.2 Å². The van der Waals surface area contributed by atoms with Crippen LogP contribution in [-0.2, 0) is 5.41 Å². The number of hydrogen-bond donors (Lipinski definition) is 1. The quantitative estimate of drug-likeness (QED) is 0.738. The molecule has 0 saturated carbocycles. The molecule has 0 amide bonds. The van der Waals surface area contributed by atoms with Crippen LogP contribution in [0.3, 0.4) is 0 Å². The maximum Gasteiger partial charge on any atom is 0.137 e. The minimum atomic E-state index is 0.0136. The van der Waals surface area contributed by atoms with E-state index in [-0.39, 0.29) is 5.41 Å². The first-order valence-electron chi connectivity index (χ1n) is 6.73. The fraction of sp³-hybridized carbons (Fsp3) is 0.235. The molecular formula is C17H18N2. The zero-order valence-electron chi connectivity index (χ0n) is 11.4. The van der Waals surface area contributed by atoms with Gasteiger partial charge in [-0.3, -0.25) is 0 Å². The molecule has 96 valence electrons. The van der Waals surface area contributed by atoms with Crippen LogP contribution >= 0.6 is 0 Å². The standard InChI is InChI=1S/C17H18N2/c1-3-17(2,14-7-5-4-6-8-14)15-11-13-9-10-18-16(13)19-12-15/h4-12H,3H2,1-2H3,(H,18,19)/t17-/m1/s1. The molecule has 0 radical (unpaired) electrons. The first-order valence-corrected chi connectivity index (χ1v) is 6.73. The smallest absolute Gasteiger partial charge is 0.137 e. The maximum absolute atomic E-state index is 4.53. The molecule has 19 heavy (non-hydrogen) atoms. The summed E-state index contributed by atoms with van der Waals surface area (Å²) in [5, 5.41) is 1.17. The number of H-pyrrole nitrogens is 1. The Balaban J connectivity index is 2.15. The molecule has 0 aliphatic carbocycles. The van der Waals surface area contributed by atoms with Crippen molar-refractivity contribution in [2.45, 2.75) is 25.7 Å². The molecule has 2 nitrogen and oxygen atoms in total. The number of fused-ring (bicyclic) bond motifs is 1. The van der Waals surface area contributed by atoms with Crippen molar-refractivity contribution in [2.75, 3.05) is 0 Å². The van der Waals surface area contributed by atoms with Crippen LogP contribution in [0.4, 0.5) is 0 Å². The summed E-state index contributed by atoms with van der Waals surface area (Å²) in [5.74, 6) is 0. The zero-order valence-corrected chi connectivity index (χ0v) is 11.4. The SMILES string of the molecule is CC[C@](C)(c1ccccc1)c1cnc2[nH]ccc2c1. The van der Waals surface area contributed by atoms with Gasteiger partial charge in [-0.25, -0.2) is 4.98 Å². The summed E-state index contributed by atoms with van der Waals surface area (Å²) in [6.07, 6.45) is 4.98. The zero-order chi connectivity index (χ0) is 13.3. The second-order valence-corrected chi connectivity index (χ2v) is 5.19. The molecule has 2 heteroatoms. The fourth-order valence-corrected chi connectivity index (χ4v) is 2.62. The van der Waals surface area contributed by atoms with Crippen molar-refractivity contribution in [1.82, 2.24) is 9.97 Å². The Labute approximate surface area is 113 Å². The van der Waals surface area contributed by atoms with Gasteiger partial charge in [0.15, 0.2) is 0 Å². The van der Waals surface area contributed by atoms with Crippen LogP contribution in [0.2, 0.25) is 0 Å². The lowest BCUT2D eigenvalue weighted by atomic mass is 9.75. The van der Waals surface area contributed by atoms with Gasteiger partial charge in [0.1, 0.15) is 5.65 Å². The lowest BCUT2D eigenvalue weighted by Gasteiger charge is -2.29. The van der Waals surface area contributed by atoms with Crippen LogP contribution in [-0.4, -0.2) is 9.97 Å². The van der Waals surface area contributed by atoms with Crippen molar-refractivity contribution in [3.8, 4) is 0 Å². The van der Waals surface area contributed by atoms with Crippen LogP contribution in [0.25, 0.3) is 11.0 Å². The maximum atomic E-state index is 4.53. The molecule has 0 fully saturated rings. The molecule has 0 unspecified atom stereocenters. The van der Waals surface area contributed by atoms with Crippen LogP contribution in [0.1, 0.15) is 31.4 Å². The summed E-state index contributed by atoms with van der Waals surface area (Å²) in [6, 6.07) is 15.0. The molecule has 1 atom stereocenters. The Kier molecular flexibility index (Phi) is 2.86. The third-order valence-electron chi connectivity index (χ3n) is 4.16. The number of nitrogens with zero attached hydrogens (tertiary/aromatic N) is 1. The van der Waals surface area contributed by atoms with Crippen molar-refractivity contribution < 1.29 is 0 Å². The highest BCUT2D eigenvalue weighted by Crippen LogP contribution is 2.35. The Morgan fingerprint density at radius 3 is 2.63 bits per heavy atom. The third kappa shape index (κ3) is 1.93. The van der Waals surface area contributed by atoms with E-state index in [0.717, 1.165) is 12.1 Å². The number of aromatic nitrogens is 2. The predicted molar refractivity (Wildman–Crippen MR) is 79.3 cm³/mol. The highest BCUT2D eigenvalue weighted by atomic mass is 14.8. The lowest BCUT2D eigenvalue weighted by Crippen LogP contribution is -2.22. The minimum absolute atomic E-state index is 0.0136. The first-order chi connectivity index (χ1) is 9.24. The van der Waals surface area contributed by atoms with Crippen LogP contribution in [0.5, 0.6) is 0 Å². The van der Waals surface area contributed by atoms with Crippen molar-refractivity contribution >= 4 is 11.0 Å². The van der Waals surface area contributed by atoms with Crippen molar-refractivity contribution in [3.05, 3.63) is 66.0 Å². The molecule has 1 aromatic carbocycles. The van der Waals surface area contributed by atoms with Gasteiger partial charge in [0.2, 0.25) is 0 Å². The number of benzene rings is 1. The second kappa shape index (κ2) is 4.54. The van der Waals surface area contributed by atoms with Crippen LogP contribution in [0.15, 0.2) is 54.9 Å². The number of nitrogens with one attached hydrogen (secondary N) is 1. The van der Waals surface area contributed by atoms with Gasteiger partial charge in [-0.2, -0.15) is 0 Å². The van der Waals surface area contributed by atoms with Crippen LogP contribution < -0.4 is 0 Å². The van der Waals surface area contributed by atoms with E-state index in [1.165, 1.54) is 16.5 Å². The second-order valence-electron chi connectivity index (χ2n) is 5.19. The molecule has 0 spiro atoms. The van der Waals surface area contributed by atoms with Gasteiger partial charge in [0.25, 0.3) is 0 Å². The van der Waals surface area contributed by atoms with Gasteiger partial charge in [-0.15, -0.1) is 0 Å². The Hall–Kier alpha value is -2.09. The average molecular weight is 250 g/mol. The predicted octanol–water partition coefficient (Wildman–Crippen LogP) is 4.28. The van der Waals surface area contributed by atoms with E-state index in [1.54, 1.807) is 0 Å². The normalized spacial score (nSPS) is 14.4. The van der Waals surface area contributed by atoms with Crippen molar-refractivity contribution in [2.24, 2.45) is 0 Å². The largest absolute Gasteiger partial charge is 0.346 e. The van der Waals surface area contributed by atoms with E-state index in [1.807, 2.05) is 12.4 Å². The lowest BCUT2D eigenvalue weighted by molar-refractivity contribution is 0.548. The molecule has 2 aromatic heterocycles. The Morgan fingerprint density at radius 2 is 1.89 bits per heavy atom. The highest BCUT2D eigenvalue weighted by Gasteiger charge is 2.27. The molecule has 0 aliphatic rings. The molecule has 0 saturated heterocycles. The number of hydrogen-bond acceptors (Lipinski definition) is 1. The monoisotopic (exact) mass is 250 g/mol. The summed E-state index contributed by atoms with van der Waals surface area (Å²) in [6.45, 7) is 4.52. The molecule has 3 rings (SSSR count). The van der Waals surface area contributed by atoms with Gasteiger partial charge >= 0.3 is 0 Å². The summed E-state index contributed by atoms with van der Waals surface area (Å²) in [4.78, 5) is 7.67. The summed E-state index contributed by atoms with van der Waals surface area (Å²) >= 11 is 0. The number of rotatable bonds is 3. The van der Waals surface area contributed by atoms with E-state index < -0.39 is 0 Å². The Bertz CT molecular complexity index is 685. The van der Waals surface area contributed by atoms with Gasteiger partial charge in [0.05, 0.1) is 0 Å². The molecular weight excluding hydrogens is 232 g/mol. The van der Waals surface area contributed by atoms with E-state index in [4.69, 9.17) is 0 Å². The summed E-state index contributed by atoms with van der Waals surface area (Å²) in [7, 11) is 0. The summed E-state index contributed by atoms with van der Waals surface area (Å²) in [5.41, 5.74) is 3.58. The molecule has 2 heterocycles.